The molecular formula is C22H30N2O4. The highest BCUT2D eigenvalue weighted by Crippen LogP contribution is 2.23. The molecule has 0 fully saturated rings. The van der Waals surface area contributed by atoms with Gasteiger partial charge in [-0.25, -0.2) is 0 Å². The second-order valence-corrected chi connectivity index (χ2v) is 6.31. The molecule has 0 heterocycles. The quantitative estimate of drug-likeness (QED) is 0.532. The predicted molar refractivity (Wildman–Crippen MR) is 112 cm³/mol. The zero-order valence-electron chi connectivity index (χ0n) is 16.9. The number of benzene rings is 2. The van der Waals surface area contributed by atoms with Gasteiger partial charge in [-0.05, 0) is 44.5 Å². The fourth-order valence-electron chi connectivity index (χ4n) is 2.44. The fraction of sp³-hybridized carbons (Fsp3) is 0.409. The first-order valence-corrected chi connectivity index (χ1v) is 9.72. The number of ether oxygens (including phenoxy) is 3. The lowest BCUT2D eigenvalue weighted by Crippen LogP contribution is -2.22. The second kappa shape index (κ2) is 11.9. The largest absolute Gasteiger partial charge is 0.491 e. The van der Waals surface area contributed by atoms with Gasteiger partial charge < -0.3 is 24.8 Å². The number of carbonyl (C=O) groups excluding carboxylic acids is 1. The van der Waals surface area contributed by atoms with Crippen LogP contribution in [-0.2, 0) is 9.53 Å². The smallest absolute Gasteiger partial charge is 0.243 e. The van der Waals surface area contributed by atoms with Gasteiger partial charge in [-0.1, -0.05) is 25.1 Å². The van der Waals surface area contributed by atoms with Crippen molar-refractivity contribution in [2.24, 2.45) is 0 Å². The zero-order chi connectivity index (χ0) is 20.2. The Balaban J connectivity index is 1.86. The molecule has 6 nitrogen and oxygen atoms in total. The average molecular weight is 386 g/mol. The van der Waals surface area contributed by atoms with Crippen LogP contribution in [0.1, 0.15) is 27.2 Å². The molecule has 2 aromatic carbocycles. The van der Waals surface area contributed by atoms with Crippen LogP contribution in [-0.4, -0.2) is 38.4 Å². The van der Waals surface area contributed by atoms with E-state index in [0.29, 0.717) is 31.3 Å². The molecule has 0 spiro atoms. The van der Waals surface area contributed by atoms with E-state index in [9.17, 15) is 4.79 Å². The average Bonchev–Trinajstić information content (AvgIpc) is 2.70. The summed E-state index contributed by atoms with van der Waals surface area (Å²) in [6, 6.07) is 14.9. The molecule has 1 atom stereocenters. The normalized spacial score (nSPS) is 11.5. The van der Waals surface area contributed by atoms with E-state index in [1.165, 1.54) is 0 Å². The van der Waals surface area contributed by atoms with Crippen LogP contribution < -0.4 is 20.1 Å². The molecule has 0 aliphatic heterocycles. The third-order valence-electron chi connectivity index (χ3n) is 4.05. The molecule has 6 heteroatoms. The number of para-hydroxylation sites is 2. The van der Waals surface area contributed by atoms with Crippen LogP contribution >= 0.6 is 0 Å². The number of nitrogens with one attached hydrogen (secondary N) is 2. The predicted octanol–water partition coefficient (Wildman–Crippen LogP) is 4.33. The fourth-order valence-corrected chi connectivity index (χ4v) is 2.44. The van der Waals surface area contributed by atoms with Crippen LogP contribution in [0.15, 0.2) is 48.5 Å². The van der Waals surface area contributed by atoms with Crippen LogP contribution in [0, 0.1) is 0 Å². The molecule has 0 bridgehead atoms. The van der Waals surface area contributed by atoms with Gasteiger partial charge in [-0.15, -0.1) is 0 Å². The van der Waals surface area contributed by atoms with Crippen molar-refractivity contribution in [2.45, 2.75) is 33.3 Å². The van der Waals surface area contributed by atoms with E-state index < -0.39 is 0 Å². The summed E-state index contributed by atoms with van der Waals surface area (Å²) in [4.78, 5) is 12.3. The molecule has 0 radical (unpaired) electrons. The standard InChI is InChI=1S/C22H30N2O4/c1-4-17(3)28-19-10-8-9-18(15-19)24-22(25)16-23-20-11-6-7-12-21(20)27-14-13-26-5-2/h6-12,15,17,23H,4-5,13-14,16H2,1-3H3,(H,24,25). The van der Waals surface area contributed by atoms with E-state index in [2.05, 4.69) is 17.6 Å². The minimum atomic E-state index is -0.148. The molecule has 0 saturated heterocycles. The molecule has 2 aromatic rings. The van der Waals surface area contributed by atoms with E-state index in [0.717, 1.165) is 17.9 Å². The summed E-state index contributed by atoms with van der Waals surface area (Å²) in [5, 5.41) is 6.00. The Morgan fingerprint density at radius 3 is 2.68 bits per heavy atom. The van der Waals surface area contributed by atoms with Gasteiger partial charge in [0.25, 0.3) is 0 Å². The Morgan fingerprint density at radius 2 is 1.89 bits per heavy atom. The van der Waals surface area contributed by atoms with Crippen molar-refractivity contribution in [2.75, 3.05) is 37.0 Å². The van der Waals surface area contributed by atoms with Gasteiger partial charge >= 0.3 is 0 Å². The van der Waals surface area contributed by atoms with E-state index in [1.807, 2.05) is 62.4 Å². The Hall–Kier alpha value is -2.73. The maximum absolute atomic E-state index is 12.3. The van der Waals surface area contributed by atoms with Crippen molar-refractivity contribution in [1.82, 2.24) is 0 Å². The summed E-state index contributed by atoms with van der Waals surface area (Å²) in [5.74, 6) is 1.29. The number of hydrogen-bond donors (Lipinski definition) is 2. The van der Waals surface area contributed by atoms with E-state index in [4.69, 9.17) is 14.2 Å². The van der Waals surface area contributed by atoms with E-state index >= 15 is 0 Å². The topological polar surface area (TPSA) is 68.8 Å². The first kappa shape index (κ1) is 21.6. The molecule has 28 heavy (non-hydrogen) atoms. The van der Waals surface area contributed by atoms with Crippen LogP contribution in [0.2, 0.25) is 0 Å². The molecule has 0 aromatic heterocycles. The number of carbonyl (C=O) groups is 1. The Morgan fingerprint density at radius 1 is 1.07 bits per heavy atom. The third-order valence-corrected chi connectivity index (χ3v) is 4.05. The minimum Gasteiger partial charge on any atom is -0.491 e. The molecule has 1 amide bonds. The summed E-state index contributed by atoms with van der Waals surface area (Å²) < 4.78 is 16.8. The van der Waals surface area contributed by atoms with Crippen LogP contribution in [0.25, 0.3) is 0 Å². The van der Waals surface area contributed by atoms with Gasteiger partial charge in [0.15, 0.2) is 0 Å². The zero-order valence-corrected chi connectivity index (χ0v) is 16.9. The summed E-state index contributed by atoms with van der Waals surface area (Å²) in [7, 11) is 0. The van der Waals surface area contributed by atoms with Crippen LogP contribution in [0.3, 0.4) is 0 Å². The van der Waals surface area contributed by atoms with Gasteiger partial charge in [0.05, 0.1) is 24.9 Å². The van der Waals surface area contributed by atoms with Crippen LogP contribution in [0.5, 0.6) is 11.5 Å². The van der Waals surface area contributed by atoms with Crippen LogP contribution in [0.4, 0.5) is 11.4 Å². The van der Waals surface area contributed by atoms with Gasteiger partial charge in [0.2, 0.25) is 5.91 Å². The van der Waals surface area contributed by atoms with Gasteiger partial charge in [0.1, 0.15) is 18.1 Å². The highest BCUT2D eigenvalue weighted by atomic mass is 16.5. The van der Waals surface area contributed by atoms with Crippen molar-refractivity contribution in [3.05, 3.63) is 48.5 Å². The van der Waals surface area contributed by atoms with Crippen molar-refractivity contribution in [1.29, 1.82) is 0 Å². The Labute approximate surface area is 167 Å². The monoisotopic (exact) mass is 386 g/mol. The van der Waals surface area contributed by atoms with Crippen molar-refractivity contribution >= 4 is 17.3 Å². The van der Waals surface area contributed by atoms with Gasteiger partial charge in [-0.2, -0.15) is 0 Å². The van der Waals surface area contributed by atoms with Gasteiger partial charge in [-0.3, -0.25) is 4.79 Å². The molecule has 152 valence electrons. The van der Waals surface area contributed by atoms with E-state index in [-0.39, 0.29) is 18.6 Å². The number of amides is 1. The summed E-state index contributed by atoms with van der Waals surface area (Å²) >= 11 is 0. The summed E-state index contributed by atoms with van der Waals surface area (Å²) in [5.41, 5.74) is 1.47. The van der Waals surface area contributed by atoms with Crippen molar-refractivity contribution in [3.8, 4) is 11.5 Å². The summed E-state index contributed by atoms with van der Waals surface area (Å²) in [6.45, 7) is 7.81. The molecule has 0 saturated carbocycles. The maximum Gasteiger partial charge on any atom is 0.243 e. The molecule has 0 aliphatic rings. The first-order valence-electron chi connectivity index (χ1n) is 9.72. The first-order chi connectivity index (χ1) is 13.6. The minimum absolute atomic E-state index is 0.127. The van der Waals surface area contributed by atoms with Crippen molar-refractivity contribution < 1.29 is 19.0 Å². The maximum atomic E-state index is 12.3. The molecule has 0 aliphatic carbocycles. The number of rotatable bonds is 12. The third kappa shape index (κ3) is 7.48. The highest BCUT2D eigenvalue weighted by molar-refractivity contribution is 5.94. The lowest BCUT2D eigenvalue weighted by molar-refractivity contribution is -0.114. The molecular weight excluding hydrogens is 356 g/mol. The second-order valence-electron chi connectivity index (χ2n) is 6.31. The summed E-state index contributed by atoms with van der Waals surface area (Å²) in [6.07, 6.45) is 1.05. The van der Waals surface area contributed by atoms with E-state index in [1.54, 1.807) is 0 Å². The molecule has 1 unspecified atom stereocenters. The molecule has 2 rings (SSSR count). The lowest BCUT2D eigenvalue weighted by atomic mass is 10.2. The number of anilines is 2. The molecule has 2 N–H and O–H groups in total. The lowest BCUT2D eigenvalue weighted by Gasteiger charge is -2.15. The number of hydrogen-bond acceptors (Lipinski definition) is 5. The SMILES string of the molecule is CCOCCOc1ccccc1NCC(=O)Nc1cccc(OC(C)CC)c1. The Kier molecular flexibility index (Phi) is 9.15. The highest BCUT2D eigenvalue weighted by Gasteiger charge is 2.08. The van der Waals surface area contributed by atoms with Crippen molar-refractivity contribution in [3.63, 3.8) is 0 Å². The van der Waals surface area contributed by atoms with Gasteiger partial charge in [0, 0.05) is 18.4 Å². The Bertz CT molecular complexity index is 736.